The maximum Gasteiger partial charge on any atom is 0.0710 e. The molecule has 2 rings (SSSR count). The third-order valence-electron chi connectivity index (χ3n) is 5.45. The lowest BCUT2D eigenvalue weighted by atomic mass is 9.70. The molecule has 2 fully saturated rings. The molecule has 2 aliphatic rings. The summed E-state index contributed by atoms with van der Waals surface area (Å²) in [6.45, 7) is 14.0. The van der Waals surface area contributed by atoms with Gasteiger partial charge in [0.15, 0.2) is 0 Å². The lowest BCUT2D eigenvalue weighted by Gasteiger charge is -2.43. The van der Waals surface area contributed by atoms with Crippen LogP contribution in [0.25, 0.3) is 0 Å². The Morgan fingerprint density at radius 3 is 2.38 bits per heavy atom. The normalized spacial score (nSPS) is 35.3. The first-order valence-electron chi connectivity index (χ1n) is 8.82. The Kier molecular flexibility index (Phi) is 5.72. The van der Waals surface area contributed by atoms with Crippen molar-refractivity contribution in [1.29, 1.82) is 0 Å². The van der Waals surface area contributed by atoms with Crippen molar-refractivity contribution in [2.45, 2.75) is 71.4 Å². The van der Waals surface area contributed by atoms with Gasteiger partial charge in [-0.2, -0.15) is 0 Å². The van der Waals surface area contributed by atoms with Gasteiger partial charge < -0.3 is 15.0 Å². The zero-order valence-corrected chi connectivity index (χ0v) is 14.9. The highest BCUT2D eigenvalue weighted by Crippen LogP contribution is 2.40. The minimum atomic E-state index is 0.218. The molecule has 0 spiro atoms. The lowest BCUT2D eigenvalue weighted by Crippen LogP contribution is -2.50. The van der Waals surface area contributed by atoms with Gasteiger partial charge in [0.2, 0.25) is 0 Å². The number of likely N-dealkylation sites (tertiary alicyclic amines) is 1. The summed E-state index contributed by atoms with van der Waals surface area (Å²) in [7, 11) is 1.85. The number of hydrogen-bond donors (Lipinski definition) is 1. The minimum absolute atomic E-state index is 0.218. The molecule has 124 valence electrons. The quantitative estimate of drug-likeness (QED) is 0.842. The van der Waals surface area contributed by atoms with Crippen molar-refractivity contribution < 1.29 is 4.74 Å². The highest BCUT2D eigenvalue weighted by atomic mass is 16.5. The minimum Gasteiger partial charge on any atom is -0.380 e. The third-order valence-corrected chi connectivity index (χ3v) is 5.45. The Balaban J connectivity index is 1.95. The Labute approximate surface area is 131 Å². The third kappa shape index (κ3) is 5.22. The number of ether oxygens (including phenoxy) is 1. The molecule has 0 aromatic rings. The summed E-state index contributed by atoms with van der Waals surface area (Å²) >= 11 is 0. The van der Waals surface area contributed by atoms with E-state index in [0.717, 1.165) is 19.0 Å². The van der Waals surface area contributed by atoms with Crippen LogP contribution in [0.2, 0.25) is 0 Å². The van der Waals surface area contributed by atoms with Crippen LogP contribution in [0, 0.1) is 11.3 Å². The highest BCUT2D eigenvalue weighted by molar-refractivity contribution is 4.92. The average Bonchev–Trinajstić information content (AvgIpc) is 2.87. The van der Waals surface area contributed by atoms with Crippen LogP contribution in [-0.2, 0) is 4.74 Å². The first kappa shape index (κ1) is 17.2. The fraction of sp³-hybridized carbons (Fsp3) is 1.00. The van der Waals surface area contributed by atoms with Gasteiger partial charge in [-0.15, -0.1) is 0 Å². The first-order valence-corrected chi connectivity index (χ1v) is 8.82. The van der Waals surface area contributed by atoms with Gasteiger partial charge in [0.05, 0.1) is 6.10 Å². The van der Waals surface area contributed by atoms with Gasteiger partial charge in [0, 0.05) is 38.8 Å². The maximum atomic E-state index is 5.54. The van der Waals surface area contributed by atoms with Crippen molar-refractivity contribution >= 4 is 0 Å². The number of nitrogens with zero attached hydrogens (tertiary/aromatic N) is 1. The Morgan fingerprint density at radius 2 is 1.86 bits per heavy atom. The molecule has 1 atom stereocenters. The summed E-state index contributed by atoms with van der Waals surface area (Å²) in [5.74, 6) is 0.915. The summed E-state index contributed by atoms with van der Waals surface area (Å²) in [5.41, 5.74) is 0.693. The van der Waals surface area contributed by atoms with E-state index in [1.54, 1.807) is 0 Å². The van der Waals surface area contributed by atoms with E-state index >= 15 is 0 Å². The molecule has 0 aromatic carbocycles. The summed E-state index contributed by atoms with van der Waals surface area (Å²) < 4.78 is 5.54. The second kappa shape index (κ2) is 6.97. The standard InChI is InChI=1S/C18H36N2O/c1-15-6-9-18(10-7-15,13-19-17(2,3)4)14-20-11-8-16(12-20)21-5/h15-16,19H,6-14H2,1-5H3. The molecule has 3 heteroatoms. The van der Waals surface area contributed by atoms with Crippen LogP contribution in [0.3, 0.4) is 0 Å². The average molecular weight is 296 g/mol. The van der Waals surface area contributed by atoms with Crippen LogP contribution in [0.1, 0.15) is 59.8 Å². The fourth-order valence-electron chi connectivity index (χ4n) is 3.83. The lowest BCUT2D eigenvalue weighted by molar-refractivity contribution is 0.0715. The van der Waals surface area contributed by atoms with Crippen LogP contribution < -0.4 is 5.32 Å². The molecule has 1 N–H and O–H groups in total. The molecule has 0 radical (unpaired) electrons. The van der Waals surface area contributed by atoms with E-state index in [2.05, 4.69) is 37.9 Å². The molecule has 1 saturated carbocycles. The molecule has 1 heterocycles. The van der Waals surface area contributed by atoms with Gasteiger partial charge in [-0.25, -0.2) is 0 Å². The Hall–Kier alpha value is -0.120. The van der Waals surface area contributed by atoms with Gasteiger partial charge >= 0.3 is 0 Å². The molecular weight excluding hydrogens is 260 g/mol. The van der Waals surface area contributed by atoms with Crippen molar-refractivity contribution in [3.05, 3.63) is 0 Å². The number of nitrogens with one attached hydrogen (secondary N) is 1. The van der Waals surface area contributed by atoms with Crippen LogP contribution >= 0.6 is 0 Å². The van der Waals surface area contributed by atoms with Crippen molar-refractivity contribution in [2.75, 3.05) is 33.3 Å². The van der Waals surface area contributed by atoms with Gasteiger partial charge in [0.1, 0.15) is 0 Å². The van der Waals surface area contributed by atoms with Gasteiger partial charge in [-0.1, -0.05) is 19.8 Å². The molecule has 1 unspecified atom stereocenters. The van der Waals surface area contributed by atoms with E-state index in [1.807, 2.05) is 7.11 Å². The summed E-state index contributed by atoms with van der Waals surface area (Å²) in [5, 5.41) is 3.79. The topological polar surface area (TPSA) is 24.5 Å². The van der Waals surface area contributed by atoms with E-state index in [-0.39, 0.29) is 5.54 Å². The molecule has 0 aromatic heterocycles. The predicted octanol–water partition coefficient (Wildman–Crippen LogP) is 3.29. The van der Waals surface area contributed by atoms with Crippen molar-refractivity contribution in [2.24, 2.45) is 11.3 Å². The van der Waals surface area contributed by atoms with E-state index in [1.165, 1.54) is 45.2 Å². The van der Waals surface area contributed by atoms with Gasteiger partial charge in [-0.05, 0) is 51.4 Å². The largest absolute Gasteiger partial charge is 0.380 e. The van der Waals surface area contributed by atoms with E-state index < -0.39 is 0 Å². The van der Waals surface area contributed by atoms with Crippen LogP contribution in [0.4, 0.5) is 0 Å². The molecule has 21 heavy (non-hydrogen) atoms. The first-order chi connectivity index (χ1) is 9.82. The summed E-state index contributed by atoms with van der Waals surface area (Å²) in [6.07, 6.45) is 7.22. The summed E-state index contributed by atoms with van der Waals surface area (Å²) in [6, 6.07) is 0. The van der Waals surface area contributed by atoms with Crippen LogP contribution in [0.15, 0.2) is 0 Å². The van der Waals surface area contributed by atoms with Crippen LogP contribution in [0.5, 0.6) is 0 Å². The smallest absolute Gasteiger partial charge is 0.0710 e. The zero-order valence-electron chi connectivity index (χ0n) is 14.9. The van der Waals surface area contributed by atoms with Crippen molar-refractivity contribution in [3.8, 4) is 0 Å². The van der Waals surface area contributed by atoms with E-state index in [4.69, 9.17) is 4.74 Å². The molecule has 1 aliphatic carbocycles. The van der Waals surface area contributed by atoms with Gasteiger partial charge in [0.25, 0.3) is 0 Å². The Morgan fingerprint density at radius 1 is 1.19 bits per heavy atom. The SMILES string of the molecule is COC1CCN(CC2(CNC(C)(C)C)CCC(C)CC2)C1. The summed E-state index contributed by atoms with van der Waals surface area (Å²) in [4.78, 5) is 2.65. The molecule has 3 nitrogen and oxygen atoms in total. The van der Waals surface area contributed by atoms with Crippen molar-refractivity contribution in [3.63, 3.8) is 0 Å². The number of hydrogen-bond acceptors (Lipinski definition) is 3. The molecule has 0 bridgehead atoms. The van der Waals surface area contributed by atoms with E-state index in [9.17, 15) is 0 Å². The molecular formula is C18H36N2O. The van der Waals surface area contributed by atoms with E-state index in [0.29, 0.717) is 11.5 Å². The van der Waals surface area contributed by atoms with Gasteiger partial charge in [-0.3, -0.25) is 0 Å². The number of methoxy groups -OCH3 is 1. The highest BCUT2D eigenvalue weighted by Gasteiger charge is 2.38. The Bertz CT molecular complexity index is 316. The van der Waals surface area contributed by atoms with Crippen molar-refractivity contribution in [1.82, 2.24) is 10.2 Å². The predicted molar refractivity (Wildman–Crippen MR) is 89.7 cm³/mol. The second-order valence-corrected chi connectivity index (χ2v) is 8.67. The fourth-order valence-corrected chi connectivity index (χ4v) is 3.83. The zero-order chi connectivity index (χ0) is 15.5. The maximum absolute atomic E-state index is 5.54. The molecule has 1 saturated heterocycles. The second-order valence-electron chi connectivity index (χ2n) is 8.67. The molecule has 0 amide bonds. The molecule has 1 aliphatic heterocycles. The number of rotatable bonds is 5. The van der Waals surface area contributed by atoms with Crippen LogP contribution in [-0.4, -0.2) is 49.8 Å². The monoisotopic (exact) mass is 296 g/mol.